The van der Waals surface area contributed by atoms with E-state index in [0.717, 1.165) is 38.2 Å². The standard InChI is InChI=1S/C23H30N2O2/c1-18-9-10-22(15-19(18)2)25-13-11-24(12-14-25)20(3)16-23(27-17-26)21-7-5-4-6-8-21/h4-10,15,17,20,23H,11-14,16H2,1-3H3. The van der Waals surface area contributed by atoms with Gasteiger partial charge in [-0.15, -0.1) is 0 Å². The molecule has 1 heterocycles. The highest BCUT2D eigenvalue weighted by Gasteiger charge is 2.25. The van der Waals surface area contributed by atoms with Gasteiger partial charge in [0, 0.05) is 44.3 Å². The largest absolute Gasteiger partial charge is 0.460 e. The van der Waals surface area contributed by atoms with E-state index in [1.54, 1.807) is 0 Å². The molecule has 0 N–H and O–H groups in total. The van der Waals surface area contributed by atoms with Gasteiger partial charge in [-0.1, -0.05) is 36.4 Å². The number of ether oxygens (including phenoxy) is 1. The summed E-state index contributed by atoms with van der Waals surface area (Å²) in [5, 5.41) is 0. The van der Waals surface area contributed by atoms with Crippen LogP contribution in [0, 0.1) is 13.8 Å². The molecule has 0 bridgehead atoms. The SMILES string of the molecule is Cc1ccc(N2CCN(C(C)CC(OC=O)c3ccccc3)CC2)cc1C. The van der Waals surface area contributed by atoms with Gasteiger partial charge in [0.25, 0.3) is 6.47 Å². The Hall–Kier alpha value is -2.33. The number of nitrogens with zero attached hydrogens (tertiary/aromatic N) is 2. The van der Waals surface area contributed by atoms with E-state index in [2.05, 4.69) is 48.8 Å². The van der Waals surface area contributed by atoms with E-state index in [9.17, 15) is 4.79 Å². The van der Waals surface area contributed by atoms with Gasteiger partial charge in [-0.05, 0) is 49.6 Å². The Morgan fingerprint density at radius 3 is 2.33 bits per heavy atom. The highest BCUT2D eigenvalue weighted by atomic mass is 16.5. The molecule has 1 fully saturated rings. The Kier molecular flexibility index (Phi) is 6.51. The number of benzene rings is 2. The predicted octanol–water partition coefficient (Wildman–Crippen LogP) is 4.12. The summed E-state index contributed by atoms with van der Waals surface area (Å²) in [4.78, 5) is 15.9. The second-order valence-corrected chi connectivity index (χ2v) is 7.51. The zero-order valence-electron chi connectivity index (χ0n) is 16.6. The van der Waals surface area contributed by atoms with Crippen molar-refractivity contribution in [3.05, 3.63) is 65.2 Å². The van der Waals surface area contributed by atoms with Crippen LogP contribution in [0.4, 0.5) is 5.69 Å². The number of anilines is 1. The summed E-state index contributed by atoms with van der Waals surface area (Å²) >= 11 is 0. The number of carbonyl (C=O) groups is 1. The average Bonchev–Trinajstić information content (AvgIpc) is 2.70. The maximum atomic E-state index is 11.0. The van der Waals surface area contributed by atoms with E-state index in [0.29, 0.717) is 12.5 Å². The lowest BCUT2D eigenvalue weighted by Gasteiger charge is -2.40. The molecule has 2 unspecified atom stereocenters. The molecule has 0 aromatic heterocycles. The Bertz CT molecular complexity index is 739. The fraction of sp³-hybridized carbons (Fsp3) is 0.435. The number of aryl methyl sites for hydroxylation is 2. The Labute approximate surface area is 162 Å². The van der Waals surface area contributed by atoms with E-state index in [4.69, 9.17) is 4.74 Å². The van der Waals surface area contributed by atoms with Crippen LogP contribution in [0.25, 0.3) is 0 Å². The van der Waals surface area contributed by atoms with Gasteiger partial charge < -0.3 is 9.64 Å². The zero-order chi connectivity index (χ0) is 19.2. The molecule has 3 rings (SSSR count). The topological polar surface area (TPSA) is 32.8 Å². The van der Waals surface area contributed by atoms with Crippen LogP contribution in [0.1, 0.15) is 36.1 Å². The molecular weight excluding hydrogens is 336 g/mol. The van der Waals surface area contributed by atoms with Gasteiger partial charge in [0.15, 0.2) is 0 Å². The molecule has 2 atom stereocenters. The maximum absolute atomic E-state index is 11.0. The highest BCUT2D eigenvalue weighted by Crippen LogP contribution is 2.26. The minimum Gasteiger partial charge on any atom is -0.460 e. The third-order valence-electron chi connectivity index (χ3n) is 5.74. The molecule has 2 aromatic rings. The molecular formula is C23H30N2O2. The quantitative estimate of drug-likeness (QED) is 0.690. The van der Waals surface area contributed by atoms with Crippen LogP contribution in [0.3, 0.4) is 0 Å². The molecule has 4 nitrogen and oxygen atoms in total. The summed E-state index contributed by atoms with van der Waals surface area (Å²) in [5.74, 6) is 0. The van der Waals surface area contributed by atoms with E-state index < -0.39 is 0 Å². The first-order valence-corrected chi connectivity index (χ1v) is 9.79. The summed E-state index contributed by atoms with van der Waals surface area (Å²) in [6, 6.07) is 17.1. The lowest BCUT2D eigenvalue weighted by atomic mass is 10.0. The van der Waals surface area contributed by atoms with E-state index in [1.807, 2.05) is 30.3 Å². The van der Waals surface area contributed by atoms with Crippen molar-refractivity contribution in [2.24, 2.45) is 0 Å². The number of carbonyl (C=O) groups excluding carboxylic acids is 1. The van der Waals surface area contributed by atoms with Crippen molar-refractivity contribution in [2.75, 3.05) is 31.1 Å². The molecule has 0 amide bonds. The number of piperazine rings is 1. The molecule has 1 aliphatic heterocycles. The Balaban J connectivity index is 1.58. The number of hydrogen-bond acceptors (Lipinski definition) is 4. The summed E-state index contributed by atoms with van der Waals surface area (Å²) in [7, 11) is 0. The Morgan fingerprint density at radius 2 is 1.70 bits per heavy atom. The molecule has 0 spiro atoms. The van der Waals surface area contributed by atoms with Crippen molar-refractivity contribution in [3.8, 4) is 0 Å². The lowest BCUT2D eigenvalue weighted by molar-refractivity contribution is -0.134. The number of rotatable bonds is 7. The molecule has 144 valence electrons. The van der Waals surface area contributed by atoms with Gasteiger partial charge in [-0.25, -0.2) is 0 Å². The summed E-state index contributed by atoms with van der Waals surface area (Å²) in [6.07, 6.45) is 0.628. The molecule has 0 radical (unpaired) electrons. The van der Waals surface area contributed by atoms with Crippen LogP contribution in [-0.4, -0.2) is 43.6 Å². The summed E-state index contributed by atoms with van der Waals surface area (Å²) < 4.78 is 5.39. The van der Waals surface area contributed by atoms with Gasteiger partial charge >= 0.3 is 0 Å². The van der Waals surface area contributed by atoms with Crippen LogP contribution in [0.5, 0.6) is 0 Å². The second-order valence-electron chi connectivity index (χ2n) is 7.51. The van der Waals surface area contributed by atoms with Crippen LogP contribution < -0.4 is 4.90 Å². The van der Waals surface area contributed by atoms with Crippen molar-refractivity contribution in [1.29, 1.82) is 0 Å². The van der Waals surface area contributed by atoms with Gasteiger partial charge in [0.2, 0.25) is 0 Å². The van der Waals surface area contributed by atoms with E-state index >= 15 is 0 Å². The second kappa shape index (κ2) is 9.05. The minimum atomic E-state index is -0.184. The first-order valence-electron chi connectivity index (χ1n) is 9.79. The molecule has 2 aromatic carbocycles. The van der Waals surface area contributed by atoms with Gasteiger partial charge in [-0.2, -0.15) is 0 Å². The van der Waals surface area contributed by atoms with E-state index in [-0.39, 0.29) is 6.10 Å². The highest BCUT2D eigenvalue weighted by molar-refractivity contribution is 5.51. The van der Waals surface area contributed by atoms with Gasteiger partial charge in [0.05, 0.1) is 0 Å². The Morgan fingerprint density at radius 1 is 1.00 bits per heavy atom. The van der Waals surface area contributed by atoms with E-state index in [1.165, 1.54) is 16.8 Å². The van der Waals surface area contributed by atoms with Crippen molar-refractivity contribution in [3.63, 3.8) is 0 Å². The molecule has 4 heteroatoms. The fourth-order valence-corrected chi connectivity index (χ4v) is 3.81. The minimum absolute atomic E-state index is 0.184. The maximum Gasteiger partial charge on any atom is 0.293 e. The van der Waals surface area contributed by atoms with Gasteiger partial charge in [0.1, 0.15) is 6.10 Å². The molecule has 27 heavy (non-hydrogen) atoms. The molecule has 1 saturated heterocycles. The molecule has 0 saturated carbocycles. The molecule has 0 aliphatic carbocycles. The average molecular weight is 367 g/mol. The van der Waals surface area contributed by atoms with Crippen LogP contribution >= 0.6 is 0 Å². The predicted molar refractivity (Wildman–Crippen MR) is 110 cm³/mol. The zero-order valence-corrected chi connectivity index (χ0v) is 16.6. The smallest absolute Gasteiger partial charge is 0.293 e. The van der Waals surface area contributed by atoms with Gasteiger partial charge in [-0.3, -0.25) is 9.69 Å². The summed E-state index contributed by atoms with van der Waals surface area (Å²) in [5.41, 5.74) is 5.07. The first-order chi connectivity index (χ1) is 13.1. The van der Waals surface area contributed by atoms with Crippen molar-refractivity contribution < 1.29 is 9.53 Å². The van der Waals surface area contributed by atoms with Crippen LogP contribution in [0.2, 0.25) is 0 Å². The lowest BCUT2D eigenvalue weighted by Crippen LogP contribution is -2.50. The van der Waals surface area contributed by atoms with Crippen molar-refractivity contribution >= 4 is 12.2 Å². The fourth-order valence-electron chi connectivity index (χ4n) is 3.81. The number of hydrogen-bond donors (Lipinski definition) is 0. The normalized spacial score (nSPS) is 17.4. The third-order valence-corrected chi connectivity index (χ3v) is 5.74. The monoisotopic (exact) mass is 366 g/mol. The van der Waals surface area contributed by atoms with Crippen molar-refractivity contribution in [1.82, 2.24) is 4.90 Å². The van der Waals surface area contributed by atoms with Crippen molar-refractivity contribution in [2.45, 2.75) is 39.3 Å². The first kappa shape index (κ1) is 19.4. The summed E-state index contributed by atoms with van der Waals surface area (Å²) in [6.45, 7) is 11.2. The van der Waals surface area contributed by atoms with Crippen LogP contribution in [-0.2, 0) is 9.53 Å². The third kappa shape index (κ3) is 4.89. The molecule has 1 aliphatic rings. The van der Waals surface area contributed by atoms with Crippen LogP contribution in [0.15, 0.2) is 48.5 Å².